The number of aromatic amines is 2. The van der Waals surface area contributed by atoms with Crippen LogP contribution in [0.3, 0.4) is 0 Å². The molecule has 270 valence electrons. The molecule has 3 aromatic carbocycles. The van der Waals surface area contributed by atoms with E-state index in [0.717, 1.165) is 89.2 Å². The van der Waals surface area contributed by atoms with Crippen LogP contribution in [-0.4, -0.2) is 64.0 Å². The smallest absolute Gasteiger partial charge is 0.214 e. The lowest BCUT2D eigenvalue weighted by Gasteiger charge is -2.25. The molecule has 6 aromatic rings. The van der Waals surface area contributed by atoms with Gasteiger partial charge >= 0.3 is 0 Å². The van der Waals surface area contributed by atoms with Gasteiger partial charge in [0.25, 0.3) is 0 Å². The largest absolute Gasteiger partial charge is 0.473 e. The molecule has 1 saturated heterocycles. The third-order valence-electron chi connectivity index (χ3n) is 9.21. The van der Waals surface area contributed by atoms with E-state index < -0.39 is 0 Å². The van der Waals surface area contributed by atoms with E-state index in [1.54, 1.807) is 18.2 Å². The lowest BCUT2D eigenvalue weighted by atomic mass is 10.0. The predicted octanol–water partition coefficient (Wildman–Crippen LogP) is 9.05. The first kappa shape index (κ1) is 36.8. The summed E-state index contributed by atoms with van der Waals surface area (Å²) in [6.07, 6.45) is 7.77. The number of hydrogen-bond acceptors (Lipinski definition) is 7. The number of imidazole rings is 1. The standard InChI is InChI=1S/C26H25ClFN5O.C11H11NO.C4H8O/c1-29-20-7-8-23-24(14-20)31-25(30-23)15-33-11-9-17(10-12-33)22-3-2-4-26(32-22)34-16-18-5-6-19(27)13-21(18)28;1-7-3-9(6-13)4-10-8(2)5-12-11(7)10;1-4-2-3-5-4/h2-9,13-14,29H,10-12,15-16H2,1H3,(H,30,31);3-6,12H,1-2H3;4H,2-3H2,1H3/t;;4-/m..1/s1. The molecule has 3 aromatic heterocycles. The van der Waals surface area contributed by atoms with Gasteiger partial charge in [-0.3, -0.25) is 9.69 Å². The summed E-state index contributed by atoms with van der Waals surface area (Å²) in [4.78, 5) is 28.9. The highest BCUT2D eigenvalue weighted by molar-refractivity contribution is 6.30. The minimum Gasteiger partial charge on any atom is -0.473 e. The third kappa shape index (κ3) is 9.25. The molecule has 0 amide bonds. The zero-order valence-corrected chi connectivity index (χ0v) is 30.7. The quantitative estimate of drug-likeness (QED) is 0.135. The Morgan fingerprint density at radius 2 is 1.92 bits per heavy atom. The maximum absolute atomic E-state index is 14.0. The van der Waals surface area contributed by atoms with Gasteiger partial charge in [-0.25, -0.2) is 14.4 Å². The van der Waals surface area contributed by atoms with Gasteiger partial charge < -0.3 is 24.8 Å². The van der Waals surface area contributed by atoms with Gasteiger partial charge in [0.05, 0.1) is 29.4 Å². The summed E-state index contributed by atoms with van der Waals surface area (Å²) >= 11 is 5.82. The van der Waals surface area contributed by atoms with Crippen LogP contribution in [0, 0.1) is 19.7 Å². The van der Waals surface area contributed by atoms with Crippen molar-refractivity contribution in [2.75, 3.05) is 32.1 Å². The van der Waals surface area contributed by atoms with Gasteiger partial charge in [-0.05, 0) is 98.8 Å². The molecule has 0 saturated carbocycles. The molecule has 9 nitrogen and oxygen atoms in total. The van der Waals surface area contributed by atoms with E-state index in [9.17, 15) is 9.18 Å². The van der Waals surface area contributed by atoms with Crippen molar-refractivity contribution in [2.24, 2.45) is 0 Å². The first-order valence-corrected chi connectivity index (χ1v) is 17.8. The number of rotatable bonds is 8. The van der Waals surface area contributed by atoms with Gasteiger partial charge in [-0.2, -0.15) is 0 Å². The number of anilines is 1. The molecule has 8 rings (SSSR count). The highest BCUT2D eigenvalue weighted by Gasteiger charge is 2.17. The van der Waals surface area contributed by atoms with Crippen molar-refractivity contribution in [3.05, 3.63) is 124 Å². The van der Waals surface area contributed by atoms with Crippen molar-refractivity contribution in [2.45, 2.75) is 52.9 Å². The van der Waals surface area contributed by atoms with E-state index in [0.29, 0.717) is 22.6 Å². The molecule has 0 bridgehead atoms. The fraction of sp³-hybridized carbons (Fsp3) is 0.293. The van der Waals surface area contributed by atoms with Gasteiger partial charge in [-0.1, -0.05) is 29.8 Å². The highest BCUT2D eigenvalue weighted by Crippen LogP contribution is 2.25. The van der Waals surface area contributed by atoms with Gasteiger partial charge in [0.1, 0.15) is 24.5 Å². The first-order valence-electron chi connectivity index (χ1n) is 17.5. The molecule has 0 aliphatic carbocycles. The molecular weight excluding hydrogens is 679 g/mol. The Morgan fingerprint density at radius 3 is 2.62 bits per heavy atom. The molecule has 1 atom stereocenters. The Balaban J connectivity index is 0.000000210. The van der Waals surface area contributed by atoms with Gasteiger partial charge in [-0.15, -0.1) is 0 Å². The SMILES string of the molecule is CNc1ccc2nc(CN3CC=C(c4cccc(OCc5ccc(Cl)cc5F)n4)CC3)[nH]c2c1.C[C@@H]1CCO1.Cc1c[nH]c2c(C)cc(C=O)cc12. The van der Waals surface area contributed by atoms with Crippen LogP contribution in [0.4, 0.5) is 10.1 Å². The van der Waals surface area contributed by atoms with Crippen LogP contribution in [0.5, 0.6) is 5.88 Å². The van der Waals surface area contributed by atoms with E-state index >= 15 is 0 Å². The Morgan fingerprint density at radius 1 is 1.10 bits per heavy atom. The molecular formula is C41H44ClFN6O3. The van der Waals surface area contributed by atoms with Crippen molar-refractivity contribution >= 4 is 51.1 Å². The average Bonchev–Trinajstić information content (AvgIpc) is 3.73. The predicted molar refractivity (Wildman–Crippen MR) is 207 cm³/mol. The fourth-order valence-electron chi connectivity index (χ4n) is 6.05. The Kier molecular flexibility index (Phi) is 12.0. The zero-order valence-electron chi connectivity index (χ0n) is 29.9. The second kappa shape index (κ2) is 17.0. The molecule has 1 fully saturated rings. The van der Waals surface area contributed by atoms with Gasteiger partial charge in [0.2, 0.25) is 5.88 Å². The summed E-state index contributed by atoms with van der Waals surface area (Å²) in [5, 5.41) is 4.66. The molecule has 0 spiro atoms. The average molecular weight is 723 g/mol. The number of aromatic nitrogens is 4. The number of nitrogens with one attached hydrogen (secondary N) is 3. The number of benzene rings is 3. The van der Waals surface area contributed by atoms with Crippen molar-refractivity contribution in [3.8, 4) is 5.88 Å². The van der Waals surface area contributed by atoms with E-state index in [-0.39, 0.29) is 12.4 Å². The third-order valence-corrected chi connectivity index (χ3v) is 9.44. The van der Waals surface area contributed by atoms with Gasteiger partial charge in [0.15, 0.2) is 0 Å². The molecule has 52 heavy (non-hydrogen) atoms. The van der Waals surface area contributed by atoms with Crippen molar-refractivity contribution in [3.63, 3.8) is 0 Å². The van der Waals surface area contributed by atoms with Crippen molar-refractivity contribution in [1.29, 1.82) is 0 Å². The minimum atomic E-state index is -0.384. The zero-order chi connectivity index (χ0) is 36.6. The van der Waals surface area contributed by atoms with Crippen LogP contribution >= 0.6 is 11.6 Å². The van der Waals surface area contributed by atoms with Crippen LogP contribution in [0.1, 0.15) is 58.3 Å². The molecule has 3 N–H and O–H groups in total. The van der Waals surface area contributed by atoms with Crippen LogP contribution in [0.25, 0.3) is 27.5 Å². The highest BCUT2D eigenvalue weighted by atomic mass is 35.5. The molecule has 11 heteroatoms. The number of fused-ring (bicyclic) bond motifs is 2. The number of aryl methyl sites for hydroxylation is 2. The minimum absolute atomic E-state index is 0.0968. The van der Waals surface area contributed by atoms with E-state index in [1.807, 2.05) is 63.5 Å². The number of aldehydes is 1. The summed E-state index contributed by atoms with van der Waals surface area (Å²) in [7, 11) is 1.91. The van der Waals surface area contributed by atoms with Crippen LogP contribution < -0.4 is 10.1 Å². The Labute approximate surface area is 308 Å². The summed E-state index contributed by atoms with van der Waals surface area (Å²) < 4.78 is 24.7. The van der Waals surface area contributed by atoms with E-state index in [4.69, 9.17) is 26.1 Å². The van der Waals surface area contributed by atoms with Crippen molar-refractivity contribution in [1.82, 2.24) is 24.8 Å². The topological polar surface area (TPSA) is 108 Å². The summed E-state index contributed by atoms with van der Waals surface area (Å²) in [5.41, 5.74) is 9.75. The number of halogens is 2. The molecule has 0 unspecified atom stereocenters. The van der Waals surface area contributed by atoms with Gasteiger partial charge in [0, 0.05) is 71.7 Å². The number of nitrogens with zero attached hydrogens (tertiary/aromatic N) is 3. The molecule has 5 heterocycles. The normalized spacial score (nSPS) is 15.5. The summed E-state index contributed by atoms with van der Waals surface area (Å²) in [6.45, 7) is 9.70. The number of pyridine rings is 1. The molecule has 2 aliphatic heterocycles. The Hall–Kier alpha value is -5.03. The van der Waals surface area contributed by atoms with Crippen molar-refractivity contribution < 1.29 is 18.7 Å². The van der Waals surface area contributed by atoms with Crippen LogP contribution in [-0.2, 0) is 17.9 Å². The lowest BCUT2D eigenvalue weighted by molar-refractivity contribution is -0.0375. The lowest BCUT2D eigenvalue weighted by Crippen LogP contribution is -2.28. The summed E-state index contributed by atoms with van der Waals surface area (Å²) in [6, 6.07) is 20.2. The second-order valence-corrected chi connectivity index (χ2v) is 13.5. The molecule has 0 radical (unpaired) electrons. The number of carbonyl (C=O) groups is 1. The number of hydrogen-bond donors (Lipinski definition) is 3. The second-order valence-electron chi connectivity index (χ2n) is 13.1. The van der Waals surface area contributed by atoms with Crippen LogP contribution in [0.2, 0.25) is 5.02 Å². The first-order chi connectivity index (χ1) is 25.2. The van der Waals surface area contributed by atoms with E-state index in [2.05, 4.69) is 44.2 Å². The van der Waals surface area contributed by atoms with Crippen LogP contribution in [0.15, 0.2) is 79.0 Å². The number of H-pyrrole nitrogens is 2. The monoisotopic (exact) mass is 722 g/mol. The fourth-order valence-corrected chi connectivity index (χ4v) is 6.21. The molecule has 2 aliphatic rings. The maximum atomic E-state index is 14.0. The summed E-state index contributed by atoms with van der Waals surface area (Å²) in [5.74, 6) is 1.05. The number of ether oxygens (including phenoxy) is 2. The Bertz CT molecular complexity index is 2190. The number of carbonyl (C=O) groups excluding carboxylic acids is 1. The maximum Gasteiger partial charge on any atom is 0.214 e. The van der Waals surface area contributed by atoms with E-state index in [1.165, 1.54) is 23.6 Å².